The molecule has 1 aromatic rings. The third-order valence-electron chi connectivity index (χ3n) is 3.65. The molecule has 0 N–H and O–H groups in total. The van der Waals surface area contributed by atoms with Crippen LogP contribution in [0.15, 0.2) is 18.2 Å². The van der Waals surface area contributed by atoms with Gasteiger partial charge in [0.05, 0.1) is 23.1 Å². The van der Waals surface area contributed by atoms with Gasteiger partial charge in [0.15, 0.2) is 0 Å². The Morgan fingerprint density at radius 3 is 2.53 bits per heavy atom. The minimum Gasteiger partial charge on any atom is -0.492 e. The first-order chi connectivity index (χ1) is 7.97. The second kappa shape index (κ2) is 3.92. The Kier molecular flexibility index (Phi) is 2.83. The van der Waals surface area contributed by atoms with Gasteiger partial charge in [-0.05, 0) is 36.5 Å². The van der Waals surface area contributed by atoms with Crippen molar-refractivity contribution in [2.24, 2.45) is 5.41 Å². The van der Waals surface area contributed by atoms with E-state index >= 15 is 0 Å². The average molecular weight is 250 g/mol. The van der Waals surface area contributed by atoms with Crippen molar-refractivity contribution in [2.75, 3.05) is 6.61 Å². The number of benzene rings is 1. The molecule has 1 fully saturated rings. The lowest BCUT2D eigenvalue weighted by atomic mass is 9.89. The minimum atomic E-state index is -0.374. The van der Waals surface area contributed by atoms with Crippen molar-refractivity contribution >= 4 is 11.6 Å². The van der Waals surface area contributed by atoms with Crippen molar-refractivity contribution < 1.29 is 4.74 Å². The summed E-state index contributed by atoms with van der Waals surface area (Å²) in [5.41, 5.74) is 0.665. The molecule has 2 rings (SSSR count). The molecule has 0 aromatic heterocycles. The molecule has 90 valence electrons. The quantitative estimate of drug-likeness (QED) is 0.813. The minimum absolute atomic E-state index is 0.0399. The summed E-state index contributed by atoms with van der Waals surface area (Å²) in [6.07, 6.45) is 0.890. The Bertz CT molecular complexity index is 489. The largest absolute Gasteiger partial charge is 0.492 e. The van der Waals surface area contributed by atoms with Crippen LogP contribution in [0.1, 0.15) is 32.8 Å². The molecule has 0 bridgehead atoms. The van der Waals surface area contributed by atoms with E-state index in [1.807, 2.05) is 25.1 Å². The summed E-state index contributed by atoms with van der Waals surface area (Å²) in [6, 6.07) is 8.11. The molecule has 3 heteroatoms. The molecule has 0 radical (unpaired) electrons. The summed E-state index contributed by atoms with van der Waals surface area (Å²) in [5.74, 6) is 0.685. The molecule has 0 spiro atoms. The van der Waals surface area contributed by atoms with E-state index in [-0.39, 0.29) is 10.8 Å². The van der Waals surface area contributed by atoms with Crippen molar-refractivity contribution in [3.8, 4) is 11.8 Å². The van der Waals surface area contributed by atoms with Crippen molar-refractivity contribution in [1.29, 1.82) is 5.26 Å². The Hall–Kier alpha value is -1.20. The molecule has 17 heavy (non-hydrogen) atoms. The van der Waals surface area contributed by atoms with E-state index < -0.39 is 0 Å². The van der Waals surface area contributed by atoms with Crippen LogP contribution in [0.2, 0.25) is 5.02 Å². The van der Waals surface area contributed by atoms with E-state index in [4.69, 9.17) is 16.3 Å². The Morgan fingerprint density at radius 2 is 2.12 bits per heavy atom. The molecule has 1 atom stereocenters. The molecular formula is C14H16ClNO. The fourth-order valence-electron chi connectivity index (χ4n) is 2.41. The van der Waals surface area contributed by atoms with E-state index in [1.165, 1.54) is 0 Å². The molecule has 1 unspecified atom stereocenters. The fourth-order valence-corrected chi connectivity index (χ4v) is 2.64. The lowest BCUT2D eigenvalue weighted by molar-refractivity contribution is 0.340. The first kappa shape index (κ1) is 12.3. The maximum atomic E-state index is 9.38. The van der Waals surface area contributed by atoms with Crippen molar-refractivity contribution in [3.05, 3.63) is 28.8 Å². The highest BCUT2D eigenvalue weighted by Gasteiger charge is 2.63. The number of hydrogen-bond donors (Lipinski definition) is 0. The Balaban J connectivity index is 2.37. The molecule has 2 nitrogen and oxygen atoms in total. The lowest BCUT2D eigenvalue weighted by Gasteiger charge is -2.14. The van der Waals surface area contributed by atoms with E-state index in [1.54, 1.807) is 0 Å². The molecule has 1 aromatic carbocycles. The topological polar surface area (TPSA) is 33.0 Å². The van der Waals surface area contributed by atoms with Gasteiger partial charge in [-0.2, -0.15) is 5.26 Å². The van der Waals surface area contributed by atoms with Crippen LogP contribution in [0.4, 0.5) is 0 Å². The standard InChI is InChI=1S/C14H16ClNO/c1-4-17-12-6-5-10(7-11(12)15)14(9-16)8-13(14,2)3/h5-7H,4,8H2,1-3H3. The summed E-state index contributed by atoms with van der Waals surface area (Å²) in [7, 11) is 0. The van der Waals surface area contributed by atoms with Crippen LogP contribution in [0.25, 0.3) is 0 Å². The van der Waals surface area contributed by atoms with E-state index in [0.717, 1.165) is 12.0 Å². The van der Waals surface area contributed by atoms with Gasteiger partial charge in [0.2, 0.25) is 0 Å². The van der Waals surface area contributed by atoms with Crippen LogP contribution in [0.3, 0.4) is 0 Å². The second-order valence-corrected chi connectivity index (χ2v) is 5.56. The predicted octanol–water partition coefficient (Wildman–Crippen LogP) is 3.93. The number of ether oxygens (including phenoxy) is 1. The number of hydrogen-bond acceptors (Lipinski definition) is 2. The van der Waals surface area contributed by atoms with Gasteiger partial charge in [0, 0.05) is 0 Å². The summed E-state index contributed by atoms with van der Waals surface area (Å²) in [4.78, 5) is 0. The number of nitriles is 1. The molecule has 0 aliphatic heterocycles. The van der Waals surface area contributed by atoms with Crippen LogP contribution in [0.5, 0.6) is 5.75 Å². The second-order valence-electron chi connectivity index (χ2n) is 5.16. The summed E-state index contributed by atoms with van der Waals surface area (Å²) in [6.45, 7) is 6.74. The van der Waals surface area contributed by atoms with Gasteiger partial charge in [-0.1, -0.05) is 31.5 Å². The molecule has 1 saturated carbocycles. The van der Waals surface area contributed by atoms with Crippen LogP contribution >= 0.6 is 11.6 Å². The maximum absolute atomic E-state index is 9.38. The maximum Gasteiger partial charge on any atom is 0.137 e. The van der Waals surface area contributed by atoms with Gasteiger partial charge in [-0.3, -0.25) is 0 Å². The normalized spacial score (nSPS) is 25.1. The predicted molar refractivity (Wildman–Crippen MR) is 68.3 cm³/mol. The van der Waals surface area contributed by atoms with Crippen molar-refractivity contribution in [2.45, 2.75) is 32.6 Å². The van der Waals surface area contributed by atoms with E-state index in [0.29, 0.717) is 17.4 Å². The Morgan fingerprint density at radius 1 is 1.47 bits per heavy atom. The van der Waals surface area contributed by atoms with Gasteiger partial charge < -0.3 is 4.74 Å². The van der Waals surface area contributed by atoms with E-state index in [2.05, 4.69) is 19.9 Å². The summed E-state index contributed by atoms with van der Waals surface area (Å²) in [5, 5.41) is 9.97. The highest BCUT2D eigenvalue weighted by molar-refractivity contribution is 6.32. The zero-order chi connectivity index (χ0) is 12.7. The van der Waals surface area contributed by atoms with Crippen LogP contribution in [0, 0.1) is 16.7 Å². The smallest absolute Gasteiger partial charge is 0.137 e. The lowest BCUT2D eigenvalue weighted by Crippen LogP contribution is -2.11. The van der Waals surface area contributed by atoms with Crippen molar-refractivity contribution in [1.82, 2.24) is 0 Å². The third-order valence-corrected chi connectivity index (χ3v) is 3.95. The van der Waals surface area contributed by atoms with E-state index in [9.17, 15) is 5.26 Å². The zero-order valence-electron chi connectivity index (χ0n) is 10.4. The fraction of sp³-hybridized carbons (Fsp3) is 0.500. The molecule has 0 heterocycles. The van der Waals surface area contributed by atoms with Crippen LogP contribution in [-0.4, -0.2) is 6.61 Å². The highest BCUT2D eigenvalue weighted by atomic mass is 35.5. The Labute approximate surface area is 107 Å². The summed E-state index contributed by atoms with van der Waals surface area (Å²) < 4.78 is 5.40. The molecular weight excluding hydrogens is 234 g/mol. The number of nitrogens with zero attached hydrogens (tertiary/aromatic N) is 1. The zero-order valence-corrected chi connectivity index (χ0v) is 11.1. The van der Waals surface area contributed by atoms with Gasteiger partial charge in [0.1, 0.15) is 5.75 Å². The highest BCUT2D eigenvalue weighted by Crippen LogP contribution is 2.64. The monoisotopic (exact) mass is 249 g/mol. The summed E-state index contributed by atoms with van der Waals surface area (Å²) >= 11 is 6.16. The SMILES string of the molecule is CCOc1ccc(C2(C#N)CC2(C)C)cc1Cl. The van der Waals surface area contributed by atoms with Gasteiger partial charge >= 0.3 is 0 Å². The van der Waals surface area contributed by atoms with Crippen molar-refractivity contribution in [3.63, 3.8) is 0 Å². The number of rotatable bonds is 3. The molecule has 1 aliphatic rings. The van der Waals surface area contributed by atoms with Gasteiger partial charge in [-0.15, -0.1) is 0 Å². The molecule has 0 saturated heterocycles. The van der Waals surface area contributed by atoms with Gasteiger partial charge in [-0.25, -0.2) is 0 Å². The van der Waals surface area contributed by atoms with Crippen LogP contribution in [-0.2, 0) is 5.41 Å². The van der Waals surface area contributed by atoms with Gasteiger partial charge in [0.25, 0.3) is 0 Å². The average Bonchev–Trinajstić information content (AvgIpc) is 2.85. The first-order valence-corrected chi connectivity index (χ1v) is 6.19. The molecule has 1 aliphatic carbocycles. The number of halogens is 1. The first-order valence-electron chi connectivity index (χ1n) is 5.81. The third kappa shape index (κ3) is 1.79. The molecule has 0 amide bonds. The van der Waals surface area contributed by atoms with Crippen LogP contribution < -0.4 is 4.74 Å².